The Hall–Kier alpha value is -1.68. The number of carbonyl (C=O) groups is 1. The van der Waals surface area contributed by atoms with Gasteiger partial charge in [0, 0.05) is 6.04 Å². The van der Waals surface area contributed by atoms with E-state index in [2.05, 4.69) is 21.4 Å². The minimum Gasteiger partial charge on any atom is -0.368 e. The van der Waals surface area contributed by atoms with Gasteiger partial charge in [-0.3, -0.25) is 9.36 Å². The van der Waals surface area contributed by atoms with Gasteiger partial charge < -0.3 is 11.1 Å². The zero-order chi connectivity index (χ0) is 12.8. The molecule has 1 amide bonds. The van der Waals surface area contributed by atoms with Crippen molar-refractivity contribution in [1.82, 2.24) is 20.1 Å². The second-order valence-electron chi connectivity index (χ2n) is 3.57. The number of aromatic nitrogens is 3. The molecular weight excluding hydrogens is 238 g/mol. The van der Waals surface area contributed by atoms with Crippen LogP contribution in [0.5, 0.6) is 0 Å². The summed E-state index contributed by atoms with van der Waals surface area (Å²) < 4.78 is 1.78. The number of nitrogens with two attached hydrogens (primary N) is 1. The third kappa shape index (κ3) is 3.67. The highest BCUT2D eigenvalue weighted by Crippen LogP contribution is 2.22. The van der Waals surface area contributed by atoms with Gasteiger partial charge in [0.25, 0.3) is 0 Å². The first-order valence-corrected chi connectivity index (χ1v) is 6.08. The molecule has 0 fully saturated rings. The quantitative estimate of drug-likeness (QED) is 0.581. The number of hydrogen-bond acceptors (Lipinski definition) is 5. The summed E-state index contributed by atoms with van der Waals surface area (Å²) in [7, 11) is 0. The largest absolute Gasteiger partial charge is 0.368 e. The number of anilines is 1. The fourth-order valence-electron chi connectivity index (χ4n) is 1.20. The van der Waals surface area contributed by atoms with E-state index in [1.807, 2.05) is 13.8 Å². The predicted molar refractivity (Wildman–Crippen MR) is 67.4 cm³/mol. The third-order valence-corrected chi connectivity index (χ3v) is 2.87. The average Bonchev–Trinajstić information content (AvgIpc) is 2.65. The van der Waals surface area contributed by atoms with Crippen LogP contribution in [0.25, 0.3) is 0 Å². The van der Waals surface area contributed by atoms with Crippen molar-refractivity contribution in [3.63, 3.8) is 0 Å². The number of carbonyl (C=O) groups excluding carboxylic acids is 1. The van der Waals surface area contributed by atoms with Crippen LogP contribution in [-0.4, -0.2) is 33.0 Å². The zero-order valence-electron chi connectivity index (χ0n) is 9.80. The van der Waals surface area contributed by atoms with Crippen LogP contribution in [0.1, 0.15) is 19.9 Å². The van der Waals surface area contributed by atoms with Gasteiger partial charge in [-0.15, -0.1) is 16.6 Å². The Balaban J connectivity index is 2.58. The Morgan fingerprint density at radius 2 is 2.35 bits per heavy atom. The highest BCUT2D eigenvalue weighted by Gasteiger charge is 2.13. The van der Waals surface area contributed by atoms with Crippen LogP contribution in [0.2, 0.25) is 0 Å². The maximum Gasteiger partial charge on any atom is 0.231 e. The van der Waals surface area contributed by atoms with Gasteiger partial charge >= 0.3 is 0 Å². The molecule has 1 aromatic heterocycles. The number of nitrogen functional groups attached to an aromatic ring is 1. The summed E-state index contributed by atoms with van der Waals surface area (Å²) in [6, 6.07) is 0.154. The van der Waals surface area contributed by atoms with E-state index in [-0.39, 0.29) is 24.2 Å². The molecule has 0 saturated carbocycles. The van der Waals surface area contributed by atoms with Crippen molar-refractivity contribution in [2.75, 3.05) is 18.0 Å². The molecular formula is C10H15N5OS. The lowest BCUT2D eigenvalue weighted by molar-refractivity contribution is -0.118. The Bertz CT molecular complexity index is 434. The van der Waals surface area contributed by atoms with Gasteiger partial charge in [-0.1, -0.05) is 17.7 Å². The van der Waals surface area contributed by atoms with Gasteiger partial charge in [0.15, 0.2) is 5.16 Å². The minimum absolute atomic E-state index is 0.134. The summed E-state index contributed by atoms with van der Waals surface area (Å²) in [5.41, 5.74) is 5.68. The molecule has 0 aliphatic heterocycles. The summed E-state index contributed by atoms with van der Waals surface area (Å²) in [6.07, 6.45) is 5.04. The molecule has 0 bridgehead atoms. The number of nitrogens with zero attached hydrogens (tertiary/aromatic N) is 3. The van der Waals surface area contributed by atoms with Crippen molar-refractivity contribution < 1.29 is 4.79 Å². The van der Waals surface area contributed by atoms with Crippen molar-refractivity contribution in [3.8, 4) is 12.3 Å². The fraction of sp³-hybridized carbons (Fsp3) is 0.500. The Labute approximate surface area is 104 Å². The summed E-state index contributed by atoms with van der Waals surface area (Å²) >= 11 is 1.28. The molecule has 0 unspecified atom stereocenters. The number of rotatable bonds is 5. The number of amides is 1. The van der Waals surface area contributed by atoms with E-state index in [1.165, 1.54) is 11.8 Å². The molecule has 0 radical (unpaired) electrons. The van der Waals surface area contributed by atoms with Crippen molar-refractivity contribution in [2.45, 2.75) is 25.0 Å². The number of nitrogens with one attached hydrogen (secondary N) is 1. The number of thioether (sulfide) groups is 1. The summed E-state index contributed by atoms with van der Waals surface area (Å²) in [6.45, 7) is 4.18. The highest BCUT2D eigenvalue weighted by atomic mass is 32.2. The molecule has 0 aromatic carbocycles. The van der Waals surface area contributed by atoms with Gasteiger partial charge in [0.1, 0.15) is 0 Å². The number of hydrogen-bond donors (Lipinski definition) is 2. The van der Waals surface area contributed by atoms with Crippen LogP contribution in [0, 0.1) is 12.3 Å². The molecule has 92 valence electrons. The van der Waals surface area contributed by atoms with E-state index in [4.69, 9.17) is 12.2 Å². The first-order valence-electron chi connectivity index (χ1n) is 5.09. The summed E-state index contributed by atoms with van der Waals surface area (Å²) in [5.74, 6) is 2.80. The van der Waals surface area contributed by atoms with Crippen LogP contribution in [0.15, 0.2) is 5.16 Å². The molecule has 1 rings (SSSR count). The predicted octanol–water partition coefficient (Wildman–Crippen LogP) is 0.283. The average molecular weight is 253 g/mol. The lowest BCUT2D eigenvalue weighted by Crippen LogP contribution is -2.25. The molecule has 6 nitrogen and oxygen atoms in total. The Morgan fingerprint density at radius 1 is 1.65 bits per heavy atom. The van der Waals surface area contributed by atoms with Crippen LogP contribution in [0.3, 0.4) is 0 Å². The van der Waals surface area contributed by atoms with E-state index in [0.717, 1.165) is 0 Å². The van der Waals surface area contributed by atoms with E-state index in [1.54, 1.807) is 4.57 Å². The summed E-state index contributed by atoms with van der Waals surface area (Å²) in [5, 5.41) is 10.9. The molecule has 0 atom stereocenters. The Morgan fingerprint density at radius 3 is 2.94 bits per heavy atom. The molecule has 0 aliphatic rings. The second-order valence-corrected chi connectivity index (χ2v) is 4.52. The maximum atomic E-state index is 11.3. The van der Waals surface area contributed by atoms with Crippen LogP contribution in [-0.2, 0) is 4.79 Å². The van der Waals surface area contributed by atoms with Crippen LogP contribution >= 0.6 is 11.8 Å². The van der Waals surface area contributed by atoms with Gasteiger partial charge in [-0.25, -0.2) is 0 Å². The smallest absolute Gasteiger partial charge is 0.231 e. The SMILES string of the molecule is C#CCNC(=O)CSc1nnc(N)n1C(C)C. The van der Waals surface area contributed by atoms with Crippen LogP contribution < -0.4 is 11.1 Å². The van der Waals surface area contributed by atoms with Crippen LogP contribution in [0.4, 0.5) is 5.95 Å². The molecule has 0 saturated heterocycles. The molecule has 0 spiro atoms. The molecule has 1 heterocycles. The van der Waals surface area contributed by atoms with E-state index < -0.39 is 0 Å². The third-order valence-electron chi connectivity index (χ3n) is 1.93. The molecule has 7 heteroatoms. The van der Waals surface area contributed by atoms with Crippen molar-refractivity contribution in [2.24, 2.45) is 0 Å². The van der Waals surface area contributed by atoms with Gasteiger partial charge in [0.2, 0.25) is 11.9 Å². The zero-order valence-corrected chi connectivity index (χ0v) is 10.6. The van der Waals surface area contributed by atoms with E-state index in [0.29, 0.717) is 11.1 Å². The molecule has 17 heavy (non-hydrogen) atoms. The maximum absolute atomic E-state index is 11.3. The molecule has 0 aliphatic carbocycles. The van der Waals surface area contributed by atoms with Gasteiger partial charge in [0.05, 0.1) is 12.3 Å². The van der Waals surface area contributed by atoms with Gasteiger partial charge in [-0.2, -0.15) is 0 Å². The van der Waals surface area contributed by atoms with Crippen molar-refractivity contribution >= 4 is 23.6 Å². The highest BCUT2D eigenvalue weighted by molar-refractivity contribution is 7.99. The normalized spacial score (nSPS) is 10.2. The Kier molecular flexibility index (Phi) is 4.84. The number of terminal acetylenes is 1. The standard InChI is InChI=1S/C10H15N5OS/c1-4-5-12-8(16)6-17-10-14-13-9(11)15(10)7(2)3/h1,7H,5-6H2,2-3H3,(H2,11,13)(H,12,16). The first kappa shape index (κ1) is 13.4. The van der Waals surface area contributed by atoms with Crippen molar-refractivity contribution in [3.05, 3.63) is 0 Å². The second kappa shape index (κ2) is 6.15. The fourth-order valence-corrected chi connectivity index (χ4v) is 2.11. The molecule has 3 N–H and O–H groups in total. The lowest BCUT2D eigenvalue weighted by atomic mass is 10.4. The van der Waals surface area contributed by atoms with E-state index >= 15 is 0 Å². The first-order chi connectivity index (χ1) is 8.06. The summed E-state index contributed by atoms with van der Waals surface area (Å²) in [4.78, 5) is 11.3. The van der Waals surface area contributed by atoms with E-state index in [9.17, 15) is 4.79 Å². The molecule has 1 aromatic rings. The van der Waals surface area contributed by atoms with Crippen molar-refractivity contribution in [1.29, 1.82) is 0 Å². The minimum atomic E-state index is -0.134. The lowest BCUT2D eigenvalue weighted by Gasteiger charge is -2.10. The topological polar surface area (TPSA) is 85.8 Å². The monoisotopic (exact) mass is 253 g/mol. The van der Waals surface area contributed by atoms with Gasteiger partial charge in [-0.05, 0) is 13.8 Å².